The number of unbranched alkanes of at least 4 members (excludes halogenated alkanes) is 1. The highest BCUT2D eigenvalue weighted by atomic mass is 16.2. The number of nitrogens with zero attached hydrogens (tertiary/aromatic N) is 5. The smallest absolute Gasteiger partial charge is 0.233 e. The number of allylic oxidation sites excluding steroid dienone is 2. The average molecular weight is 381 g/mol. The summed E-state index contributed by atoms with van der Waals surface area (Å²) in [7, 11) is 0. The largest absolute Gasteiger partial charge is 0.338 e. The molecule has 3 heterocycles. The summed E-state index contributed by atoms with van der Waals surface area (Å²) in [5.41, 5.74) is 0. The molecule has 2 aliphatic carbocycles. The number of rotatable bonds is 6. The summed E-state index contributed by atoms with van der Waals surface area (Å²) in [5.74, 6) is 1.48. The van der Waals surface area contributed by atoms with E-state index in [-0.39, 0.29) is 23.7 Å². The highest BCUT2D eigenvalue weighted by Gasteiger charge is 2.58. The molecule has 0 aromatic carbocycles. The van der Waals surface area contributed by atoms with Crippen molar-refractivity contribution >= 4 is 17.8 Å². The number of aromatic nitrogens is 2. The van der Waals surface area contributed by atoms with Gasteiger partial charge in [0.05, 0.1) is 11.8 Å². The van der Waals surface area contributed by atoms with Gasteiger partial charge in [-0.3, -0.25) is 19.4 Å². The number of piperazine rings is 1. The highest BCUT2D eigenvalue weighted by Crippen LogP contribution is 2.52. The van der Waals surface area contributed by atoms with E-state index in [2.05, 4.69) is 31.9 Å². The van der Waals surface area contributed by atoms with Crippen molar-refractivity contribution in [1.82, 2.24) is 19.8 Å². The van der Waals surface area contributed by atoms with Crippen LogP contribution in [0.2, 0.25) is 0 Å². The van der Waals surface area contributed by atoms with Gasteiger partial charge in [0.1, 0.15) is 0 Å². The maximum absolute atomic E-state index is 12.7. The number of anilines is 1. The van der Waals surface area contributed by atoms with Crippen molar-refractivity contribution in [2.75, 3.05) is 44.2 Å². The zero-order chi connectivity index (χ0) is 19.1. The van der Waals surface area contributed by atoms with Crippen molar-refractivity contribution < 1.29 is 9.59 Å². The van der Waals surface area contributed by atoms with Gasteiger partial charge in [0.15, 0.2) is 0 Å². The van der Waals surface area contributed by atoms with E-state index >= 15 is 0 Å². The van der Waals surface area contributed by atoms with E-state index in [0.29, 0.717) is 18.4 Å². The Labute approximate surface area is 165 Å². The molecule has 2 bridgehead atoms. The average Bonchev–Trinajstić information content (AvgIpc) is 3.41. The molecule has 3 fully saturated rings. The van der Waals surface area contributed by atoms with E-state index in [0.717, 1.165) is 57.9 Å². The first-order valence-electron chi connectivity index (χ1n) is 10.5. The van der Waals surface area contributed by atoms with Crippen LogP contribution in [0.25, 0.3) is 0 Å². The molecule has 0 spiro atoms. The second kappa shape index (κ2) is 7.28. The predicted molar refractivity (Wildman–Crippen MR) is 104 cm³/mol. The minimum Gasteiger partial charge on any atom is -0.338 e. The summed E-state index contributed by atoms with van der Waals surface area (Å²) in [6, 6.07) is 1.84. The van der Waals surface area contributed by atoms with E-state index in [9.17, 15) is 9.59 Å². The van der Waals surface area contributed by atoms with Crippen LogP contribution in [0.1, 0.15) is 19.3 Å². The van der Waals surface area contributed by atoms with Crippen molar-refractivity contribution in [3.05, 3.63) is 30.6 Å². The molecule has 2 unspecified atom stereocenters. The van der Waals surface area contributed by atoms with E-state index in [4.69, 9.17) is 0 Å². The molecule has 28 heavy (non-hydrogen) atoms. The van der Waals surface area contributed by atoms with Gasteiger partial charge in [0.2, 0.25) is 17.8 Å². The Bertz CT molecular complexity index is 744. The third kappa shape index (κ3) is 3.02. The third-order valence-corrected chi connectivity index (χ3v) is 6.87. The second-order valence-corrected chi connectivity index (χ2v) is 8.41. The number of fused-ring (bicyclic) bond motifs is 5. The van der Waals surface area contributed by atoms with Gasteiger partial charge in [0, 0.05) is 45.1 Å². The zero-order valence-electron chi connectivity index (χ0n) is 16.1. The Morgan fingerprint density at radius 2 is 1.46 bits per heavy atom. The van der Waals surface area contributed by atoms with Crippen molar-refractivity contribution in [3.63, 3.8) is 0 Å². The molecule has 1 saturated carbocycles. The van der Waals surface area contributed by atoms with Crippen LogP contribution < -0.4 is 4.90 Å². The highest BCUT2D eigenvalue weighted by molar-refractivity contribution is 6.06. The first-order valence-corrected chi connectivity index (χ1v) is 10.5. The molecular formula is C21H27N5O2. The molecular weight excluding hydrogens is 354 g/mol. The molecule has 7 heteroatoms. The van der Waals surface area contributed by atoms with Gasteiger partial charge in [-0.1, -0.05) is 12.2 Å². The maximum Gasteiger partial charge on any atom is 0.233 e. The fourth-order valence-electron chi connectivity index (χ4n) is 5.42. The predicted octanol–water partition coefficient (Wildman–Crippen LogP) is 1.19. The lowest BCUT2D eigenvalue weighted by Gasteiger charge is -2.34. The Balaban J connectivity index is 1.05. The van der Waals surface area contributed by atoms with Crippen LogP contribution >= 0.6 is 0 Å². The molecule has 0 N–H and O–H groups in total. The van der Waals surface area contributed by atoms with Gasteiger partial charge in [-0.2, -0.15) is 0 Å². The number of hydrogen-bond acceptors (Lipinski definition) is 6. The molecule has 148 valence electrons. The molecule has 0 radical (unpaired) electrons. The summed E-state index contributed by atoms with van der Waals surface area (Å²) < 4.78 is 0. The van der Waals surface area contributed by atoms with Crippen molar-refractivity contribution in [2.24, 2.45) is 23.7 Å². The van der Waals surface area contributed by atoms with Crippen LogP contribution in [0.15, 0.2) is 30.6 Å². The van der Waals surface area contributed by atoms with Crippen LogP contribution in [-0.4, -0.2) is 70.9 Å². The zero-order valence-corrected chi connectivity index (χ0v) is 16.1. The van der Waals surface area contributed by atoms with Gasteiger partial charge in [-0.05, 0) is 43.7 Å². The minimum absolute atomic E-state index is 0.0595. The number of carbonyl (C=O) groups is 2. The monoisotopic (exact) mass is 381 g/mol. The van der Waals surface area contributed by atoms with Gasteiger partial charge >= 0.3 is 0 Å². The summed E-state index contributed by atoms with van der Waals surface area (Å²) in [6.45, 7) is 5.47. The molecule has 1 aromatic rings. The quantitative estimate of drug-likeness (QED) is 0.419. The summed E-state index contributed by atoms with van der Waals surface area (Å²) in [6.07, 6.45) is 10.8. The summed E-state index contributed by atoms with van der Waals surface area (Å²) >= 11 is 0. The van der Waals surface area contributed by atoms with Crippen LogP contribution in [0.3, 0.4) is 0 Å². The Hall–Kier alpha value is -2.28. The standard InChI is InChI=1S/C21H27N5O2/c27-19-17-15-4-5-16(14-15)18(17)20(28)26(19)9-2-1-8-24-10-12-25(13-11-24)21-22-6-3-7-23-21/h3-7,15-18H,1-2,8-14H2/t15?,16?,17-,18-/m1/s1. The number of hydrogen-bond donors (Lipinski definition) is 0. The van der Waals surface area contributed by atoms with E-state index < -0.39 is 0 Å². The molecule has 5 rings (SSSR count). The number of amides is 2. The summed E-state index contributed by atoms with van der Waals surface area (Å²) in [5, 5.41) is 0. The van der Waals surface area contributed by atoms with E-state index in [1.165, 1.54) is 0 Å². The molecule has 1 aromatic heterocycles. The molecule has 2 aliphatic heterocycles. The lowest BCUT2D eigenvalue weighted by molar-refractivity contribution is -0.140. The molecule has 2 saturated heterocycles. The fraction of sp³-hybridized carbons (Fsp3) is 0.619. The molecule has 7 nitrogen and oxygen atoms in total. The van der Waals surface area contributed by atoms with Crippen molar-refractivity contribution in [3.8, 4) is 0 Å². The second-order valence-electron chi connectivity index (χ2n) is 8.41. The third-order valence-electron chi connectivity index (χ3n) is 6.87. The lowest BCUT2D eigenvalue weighted by Crippen LogP contribution is -2.47. The molecule has 4 atom stereocenters. The van der Waals surface area contributed by atoms with Gasteiger partial charge in [-0.25, -0.2) is 9.97 Å². The summed E-state index contributed by atoms with van der Waals surface area (Å²) in [4.78, 5) is 40.3. The molecule has 2 amide bonds. The van der Waals surface area contributed by atoms with Crippen LogP contribution in [-0.2, 0) is 9.59 Å². The maximum atomic E-state index is 12.7. The van der Waals surface area contributed by atoms with Crippen LogP contribution in [0.4, 0.5) is 5.95 Å². The number of likely N-dealkylation sites (tertiary alicyclic amines) is 1. The Morgan fingerprint density at radius 3 is 2.11 bits per heavy atom. The topological polar surface area (TPSA) is 69.6 Å². The Kier molecular flexibility index (Phi) is 4.62. The van der Waals surface area contributed by atoms with Gasteiger partial charge < -0.3 is 4.90 Å². The van der Waals surface area contributed by atoms with Gasteiger partial charge in [-0.15, -0.1) is 0 Å². The normalized spacial score (nSPS) is 31.9. The van der Waals surface area contributed by atoms with Crippen LogP contribution in [0, 0.1) is 23.7 Å². The lowest BCUT2D eigenvalue weighted by atomic mass is 9.85. The number of imide groups is 1. The van der Waals surface area contributed by atoms with E-state index in [1.54, 1.807) is 17.3 Å². The van der Waals surface area contributed by atoms with Crippen molar-refractivity contribution in [1.29, 1.82) is 0 Å². The minimum atomic E-state index is -0.0595. The van der Waals surface area contributed by atoms with E-state index in [1.807, 2.05) is 6.07 Å². The van der Waals surface area contributed by atoms with Gasteiger partial charge in [0.25, 0.3) is 0 Å². The van der Waals surface area contributed by atoms with Crippen LogP contribution in [0.5, 0.6) is 0 Å². The first-order chi connectivity index (χ1) is 13.7. The molecule has 4 aliphatic rings. The first kappa shape index (κ1) is 17.8. The SMILES string of the molecule is O=C1[C@@H]2C3C=CC(C3)[C@H]2C(=O)N1CCCCN1CCN(c2ncccn2)CC1. The number of carbonyl (C=O) groups excluding carboxylic acids is 2. The fourth-order valence-corrected chi connectivity index (χ4v) is 5.42. The van der Waals surface area contributed by atoms with Crippen molar-refractivity contribution in [2.45, 2.75) is 19.3 Å². The Morgan fingerprint density at radius 1 is 0.857 bits per heavy atom.